The zero-order valence-electron chi connectivity index (χ0n) is 10.8. The van der Waals surface area contributed by atoms with Crippen LogP contribution in [0.25, 0.3) is 0 Å². The van der Waals surface area contributed by atoms with Crippen LogP contribution in [-0.4, -0.2) is 25.7 Å². The molecule has 6 heteroatoms. The average molecular weight is 254 g/mol. The highest BCUT2D eigenvalue weighted by molar-refractivity contribution is 5.94. The normalized spacial score (nSPS) is 13.3. The van der Waals surface area contributed by atoms with E-state index in [1.165, 1.54) is 6.07 Å². The van der Waals surface area contributed by atoms with Gasteiger partial charge in [0, 0.05) is 18.4 Å². The molecule has 0 saturated carbocycles. The van der Waals surface area contributed by atoms with Gasteiger partial charge in [0.2, 0.25) is 5.96 Å². The molecule has 1 atom stereocenters. The SMILES string of the molecule is COCC(C)N=C(NN)Nc1cccc(F)c1C. The highest BCUT2D eigenvalue weighted by atomic mass is 19.1. The van der Waals surface area contributed by atoms with Crippen molar-refractivity contribution in [3.8, 4) is 0 Å². The molecule has 0 spiro atoms. The molecule has 1 unspecified atom stereocenters. The van der Waals surface area contributed by atoms with Crippen molar-refractivity contribution in [3.05, 3.63) is 29.6 Å². The molecule has 1 aromatic rings. The van der Waals surface area contributed by atoms with Crippen LogP contribution >= 0.6 is 0 Å². The van der Waals surface area contributed by atoms with Crippen molar-refractivity contribution in [2.24, 2.45) is 10.8 Å². The molecule has 0 aromatic heterocycles. The minimum absolute atomic E-state index is 0.0533. The third-order valence-corrected chi connectivity index (χ3v) is 2.41. The van der Waals surface area contributed by atoms with E-state index in [0.717, 1.165) is 0 Å². The topological polar surface area (TPSA) is 71.7 Å². The van der Waals surface area contributed by atoms with Gasteiger partial charge in [0.1, 0.15) is 5.82 Å². The number of aliphatic imine (C=N–C) groups is 1. The summed E-state index contributed by atoms with van der Waals surface area (Å²) in [6.07, 6.45) is 0. The van der Waals surface area contributed by atoms with Crippen LogP contribution < -0.4 is 16.6 Å². The van der Waals surface area contributed by atoms with Crippen molar-refractivity contribution < 1.29 is 9.13 Å². The van der Waals surface area contributed by atoms with Crippen LogP contribution in [0.3, 0.4) is 0 Å². The lowest BCUT2D eigenvalue weighted by molar-refractivity contribution is 0.185. The van der Waals surface area contributed by atoms with Crippen molar-refractivity contribution in [2.75, 3.05) is 19.0 Å². The maximum atomic E-state index is 13.4. The maximum absolute atomic E-state index is 13.4. The molecular formula is C12H19FN4O. The molecule has 0 radical (unpaired) electrons. The Balaban J connectivity index is 2.83. The van der Waals surface area contributed by atoms with Gasteiger partial charge >= 0.3 is 0 Å². The van der Waals surface area contributed by atoms with Gasteiger partial charge in [-0.2, -0.15) is 0 Å². The summed E-state index contributed by atoms with van der Waals surface area (Å²) >= 11 is 0. The van der Waals surface area contributed by atoms with Gasteiger partial charge in [-0.25, -0.2) is 15.2 Å². The number of hydrogen-bond donors (Lipinski definition) is 3. The number of hydrogen-bond acceptors (Lipinski definition) is 3. The van der Waals surface area contributed by atoms with Gasteiger partial charge in [0.05, 0.1) is 12.6 Å². The van der Waals surface area contributed by atoms with Crippen LogP contribution in [0.15, 0.2) is 23.2 Å². The van der Waals surface area contributed by atoms with E-state index < -0.39 is 0 Å². The minimum atomic E-state index is -0.277. The second-order valence-corrected chi connectivity index (χ2v) is 3.96. The van der Waals surface area contributed by atoms with E-state index in [1.807, 2.05) is 6.92 Å². The molecule has 18 heavy (non-hydrogen) atoms. The third-order valence-electron chi connectivity index (χ3n) is 2.41. The Morgan fingerprint density at radius 1 is 1.56 bits per heavy atom. The van der Waals surface area contributed by atoms with E-state index in [2.05, 4.69) is 15.7 Å². The highest BCUT2D eigenvalue weighted by Crippen LogP contribution is 2.17. The molecule has 0 amide bonds. The zero-order chi connectivity index (χ0) is 13.5. The summed E-state index contributed by atoms with van der Waals surface area (Å²) in [7, 11) is 1.60. The fraction of sp³-hybridized carbons (Fsp3) is 0.417. The maximum Gasteiger partial charge on any atom is 0.210 e. The fourth-order valence-corrected chi connectivity index (χ4v) is 1.47. The lowest BCUT2D eigenvalue weighted by Gasteiger charge is -2.14. The number of benzene rings is 1. The Labute approximate surface area is 106 Å². The first-order chi connectivity index (χ1) is 8.58. The molecule has 0 aliphatic heterocycles. The summed E-state index contributed by atoms with van der Waals surface area (Å²) in [5, 5.41) is 2.95. The first-order valence-electron chi connectivity index (χ1n) is 5.64. The largest absolute Gasteiger partial charge is 0.382 e. The lowest BCUT2D eigenvalue weighted by Crippen LogP contribution is -2.37. The van der Waals surface area contributed by atoms with E-state index in [0.29, 0.717) is 23.8 Å². The van der Waals surface area contributed by atoms with Gasteiger partial charge in [-0.3, -0.25) is 5.43 Å². The van der Waals surface area contributed by atoms with Gasteiger partial charge in [0.15, 0.2) is 0 Å². The molecule has 1 aromatic carbocycles. The van der Waals surface area contributed by atoms with Crippen LogP contribution in [0.5, 0.6) is 0 Å². The highest BCUT2D eigenvalue weighted by Gasteiger charge is 2.06. The molecular weight excluding hydrogens is 235 g/mol. The molecule has 5 nitrogen and oxygen atoms in total. The van der Waals surface area contributed by atoms with E-state index in [4.69, 9.17) is 10.6 Å². The molecule has 0 aliphatic rings. The zero-order valence-corrected chi connectivity index (χ0v) is 10.8. The summed E-state index contributed by atoms with van der Waals surface area (Å²) in [6.45, 7) is 4.06. The number of halogens is 1. The van der Waals surface area contributed by atoms with E-state index in [-0.39, 0.29) is 11.9 Å². The van der Waals surface area contributed by atoms with E-state index >= 15 is 0 Å². The van der Waals surface area contributed by atoms with Crippen LogP contribution in [-0.2, 0) is 4.74 Å². The second-order valence-electron chi connectivity index (χ2n) is 3.96. The number of anilines is 1. The number of nitrogens with one attached hydrogen (secondary N) is 2. The second kappa shape index (κ2) is 6.93. The van der Waals surface area contributed by atoms with Gasteiger partial charge in [-0.05, 0) is 26.0 Å². The molecule has 0 bridgehead atoms. The van der Waals surface area contributed by atoms with Crippen molar-refractivity contribution in [3.63, 3.8) is 0 Å². The molecule has 0 saturated heterocycles. The molecule has 0 aliphatic carbocycles. The predicted molar refractivity (Wildman–Crippen MR) is 70.9 cm³/mol. The summed E-state index contributed by atoms with van der Waals surface area (Å²) < 4.78 is 18.3. The average Bonchev–Trinajstić information content (AvgIpc) is 2.34. The minimum Gasteiger partial charge on any atom is -0.382 e. The summed E-state index contributed by atoms with van der Waals surface area (Å²) in [5.74, 6) is 5.47. The predicted octanol–water partition coefficient (Wildman–Crippen LogP) is 1.40. The first kappa shape index (κ1) is 14.4. The Hall–Kier alpha value is -1.66. The van der Waals surface area contributed by atoms with Crippen LogP contribution in [0, 0.1) is 12.7 Å². The quantitative estimate of drug-likeness (QED) is 0.329. The van der Waals surface area contributed by atoms with E-state index in [1.54, 1.807) is 26.2 Å². The number of nitrogens with two attached hydrogens (primary N) is 1. The number of nitrogens with zero attached hydrogens (tertiary/aromatic N) is 1. The Bertz CT molecular complexity index is 423. The van der Waals surface area contributed by atoms with Gasteiger partial charge in [-0.15, -0.1) is 0 Å². The Morgan fingerprint density at radius 2 is 2.28 bits per heavy atom. The number of ether oxygens (including phenoxy) is 1. The number of rotatable bonds is 4. The molecule has 0 fully saturated rings. The molecule has 0 heterocycles. The summed E-state index contributed by atoms with van der Waals surface area (Å²) in [5.41, 5.74) is 3.58. The Morgan fingerprint density at radius 3 is 2.89 bits per heavy atom. The van der Waals surface area contributed by atoms with Crippen LogP contribution in [0.1, 0.15) is 12.5 Å². The van der Waals surface area contributed by atoms with E-state index in [9.17, 15) is 4.39 Å². The molecule has 100 valence electrons. The first-order valence-corrected chi connectivity index (χ1v) is 5.64. The van der Waals surface area contributed by atoms with Gasteiger partial charge < -0.3 is 10.1 Å². The molecule has 4 N–H and O–H groups in total. The summed E-state index contributed by atoms with van der Waals surface area (Å²) in [6, 6.07) is 4.73. The number of methoxy groups -OCH3 is 1. The van der Waals surface area contributed by atoms with Crippen molar-refractivity contribution in [1.82, 2.24) is 5.43 Å². The molecule has 1 rings (SSSR count). The standard InChI is InChI=1S/C12H19FN4O/c1-8(7-18-3)15-12(17-14)16-11-6-4-5-10(13)9(11)2/h4-6,8H,7,14H2,1-3H3,(H2,15,16,17). The van der Waals surface area contributed by atoms with Gasteiger partial charge in [0.25, 0.3) is 0 Å². The van der Waals surface area contributed by atoms with Crippen LogP contribution in [0.4, 0.5) is 10.1 Å². The van der Waals surface area contributed by atoms with Crippen molar-refractivity contribution in [2.45, 2.75) is 19.9 Å². The Kier molecular flexibility index (Phi) is 5.54. The smallest absolute Gasteiger partial charge is 0.210 e. The number of guanidine groups is 1. The fourth-order valence-electron chi connectivity index (χ4n) is 1.47. The monoisotopic (exact) mass is 254 g/mol. The summed E-state index contributed by atoms with van der Waals surface area (Å²) in [4.78, 5) is 4.27. The lowest BCUT2D eigenvalue weighted by atomic mass is 10.2. The van der Waals surface area contributed by atoms with Crippen molar-refractivity contribution >= 4 is 11.6 Å². The van der Waals surface area contributed by atoms with Crippen LogP contribution in [0.2, 0.25) is 0 Å². The van der Waals surface area contributed by atoms with Crippen molar-refractivity contribution in [1.29, 1.82) is 0 Å². The van der Waals surface area contributed by atoms with Gasteiger partial charge in [-0.1, -0.05) is 6.07 Å². The third kappa shape index (κ3) is 3.97. The number of hydrazine groups is 1.